The van der Waals surface area contributed by atoms with E-state index in [1.54, 1.807) is 6.92 Å². The van der Waals surface area contributed by atoms with Gasteiger partial charge in [-0.1, -0.05) is 31.9 Å². The van der Waals surface area contributed by atoms with E-state index < -0.39 is 30.4 Å². The van der Waals surface area contributed by atoms with E-state index in [-0.39, 0.29) is 18.4 Å². The second kappa shape index (κ2) is 11.8. The van der Waals surface area contributed by atoms with E-state index in [0.717, 1.165) is 12.8 Å². The molecule has 5 nitrogen and oxygen atoms in total. The smallest absolute Gasteiger partial charge is 0.327 e. The topological polar surface area (TPSA) is 66.8 Å². The standard InChI is InChI=1S/C21H31F2NO4/c1-4-5-10-16(2)18(25)13-12-17-15-21(22,23)20(27)24(17)14-9-7-6-8-11-19(26)28-3/h12-13,16-18,25H,6-11,14-15H2,1-3H3/b13-12+/t16-,17-,18+/m0/s1. The monoisotopic (exact) mass is 399 g/mol. The first kappa shape index (κ1) is 24.1. The number of esters is 1. The maximum absolute atomic E-state index is 13.9. The van der Waals surface area contributed by atoms with E-state index in [0.29, 0.717) is 25.7 Å². The summed E-state index contributed by atoms with van der Waals surface area (Å²) in [5.74, 6) is 0.728. The van der Waals surface area contributed by atoms with Gasteiger partial charge in [0, 0.05) is 25.8 Å². The summed E-state index contributed by atoms with van der Waals surface area (Å²) in [6.07, 6.45) is 5.23. The normalized spacial score (nSPS) is 20.7. The molecular weight excluding hydrogens is 368 g/mol. The van der Waals surface area contributed by atoms with Gasteiger partial charge in [-0.2, -0.15) is 8.78 Å². The Bertz CT molecular complexity index is 609. The number of carbonyl (C=O) groups excluding carboxylic acids is 2. The Balaban J connectivity index is 2.55. The SMILES string of the molecule is CC#CC[C@H](C)[C@H](O)/C=C/[C@H]1CC(F)(F)C(=O)N1CCCCCCC(=O)OC. The van der Waals surface area contributed by atoms with Crippen molar-refractivity contribution in [2.24, 2.45) is 5.92 Å². The number of amides is 1. The van der Waals surface area contributed by atoms with Crippen LogP contribution in [0.2, 0.25) is 0 Å². The summed E-state index contributed by atoms with van der Waals surface area (Å²) in [4.78, 5) is 24.3. The average molecular weight is 399 g/mol. The Morgan fingerprint density at radius 2 is 2.07 bits per heavy atom. The third-order valence-electron chi connectivity index (χ3n) is 4.91. The molecule has 0 aromatic heterocycles. The number of unbranched alkanes of at least 4 members (excludes halogenated alkanes) is 3. The van der Waals surface area contributed by atoms with Gasteiger partial charge in [-0.15, -0.1) is 11.8 Å². The molecule has 0 aromatic carbocycles. The van der Waals surface area contributed by atoms with Crippen molar-refractivity contribution in [3.8, 4) is 11.8 Å². The lowest BCUT2D eigenvalue weighted by atomic mass is 10.00. The number of likely N-dealkylation sites (tertiary alicyclic amines) is 1. The summed E-state index contributed by atoms with van der Waals surface area (Å²) < 4.78 is 32.3. The van der Waals surface area contributed by atoms with Crippen molar-refractivity contribution in [1.29, 1.82) is 0 Å². The summed E-state index contributed by atoms with van der Waals surface area (Å²) in [7, 11) is 1.34. The van der Waals surface area contributed by atoms with Gasteiger partial charge in [0.15, 0.2) is 0 Å². The first-order valence-electron chi connectivity index (χ1n) is 9.74. The van der Waals surface area contributed by atoms with Crippen molar-refractivity contribution in [2.75, 3.05) is 13.7 Å². The van der Waals surface area contributed by atoms with E-state index >= 15 is 0 Å². The Kier molecular flexibility index (Phi) is 10.2. The molecule has 1 rings (SSSR count). The van der Waals surface area contributed by atoms with Crippen LogP contribution in [0.3, 0.4) is 0 Å². The molecule has 1 heterocycles. The summed E-state index contributed by atoms with van der Waals surface area (Å²) >= 11 is 0. The highest BCUT2D eigenvalue weighted by molar-refractivity contribution is 5.86. The highest BCUT2D eigenvalue weighted by Crippen LogP contribution is 2.34. The number of aliphatic hydroxyl groups excluding tert-OH is 1. The molecule has 0 aromatic rings. The molecule has 3 atom stereocenters. The lowest BCUT2D eigenvalue weighted by Gasteiger charge is -2.22. The van der Waals surface area contributed by atoms with E-state index in [1.807, 2.05) is 6.92 Å². The molecule has 1 aliphatic heterocycles. The Morgan fingerprint density at radius 3 is 2.71 bits per heavy atom. The predicted octanol–water partition coefficient (Wildman–Crippen LogP) is 3.31. The van der Waals surface area contributed by atoms with Gasteiger partial charge < -0.3 is 14.7 Å². The number of halogens is 2. The third kappa shape index (κ3) is 7.59. The zero-order valence-electron chi connectivity index (χ0n) is 16.9. The Morgan fingerprint density at radius 1 is 1.39 bits per heavy atom. The van der Waals surface area contributed by atoms with Crippen molar-refractivity contribution >= 4 is 11.9 Å². The zero-order chi connectivity index (χ0) is 21.2. The van der Waals surface area contributed by atoms with Gasteiger partial charge in [0.25, 0.3) is 5.91 Å². The van der Waals surface area contributed by atoms with Crippen molar-refractivity contribution in [2.45, 2.75) is 76.9 Å². The fraction of sp³-hybridized carbons (Fsp3) is 0.714. The second-order valence-corrected chi connectivity index (χ2v) is 7.20. The van der Waals surface area contributed by atoms with Crippen LogP contribution in [-0.2, 0) is 14.3 Å². The molecule has 0 aliphatic carbocycles. The molecule has 1 N–H and O–H groups in total. The van der Waals surface area contributed by atoms with E-state index in [4.69, 9.17) is 0 Å². The van der Waals surface area contributed by atoms with Crippen LogP contribution >= 0.6 is 0 Å². The van der Waals surface area contributed by atoms with Crippen molar-refractivity contribution in [3.05, 3.63) is 12.2 Å². The summed E-state index contributed by atoms with van der Waals surface area (Å²) in [5, 5.41) is 10.1. The molecule has 1 fully saturated rings. The Labute approximate surface area is 166 Å². The lowest BCUT2D eigenvalue weighted by Crippen LogP contribution is -2.36. The molecule has 0 radical (unpaired) electrons. The lowest BCUT2D eigenvalue weighted by molar-refractivity contribution is -0.148. The zero-order valence-corrected chi connectivity index (χ0v) is 16.9. The number of alkyl halides is 2. The van der Waals surface area contributed by atoms with Crippen LogP contribution in [-0.4, -0.2) is 53.6 Å². The molecule has 1 saturated heterocycles. The molecule has 1 amide bonds. The minimum absolute atomic E-state index is 0.121. The molecule has 7 heteroatoms. The third-order valence-corrected chi connectivity index (χ3v) is 4.91. The minimum Gasteiger partial charge on any atom is -0.469 e. The predicted molar refractivity (Wildman–Crippen MR) is 103 cm³/mol. The number of hydrogen-bond acceptors (Lipinski definition) is 4. The quantitative estimate of drug-likeness (QED) is 0.251. The molecule has 1 aliphatic rings. The maximum Gasteiger partial charge on any atom is 0.327 e. The first-order valence-corrected chi connectivity index (χ1v) is 9.74. The van der Waals surface area contributed by atoms with Crippen molar-refractivity contribution in [1.82, 2.24) is 4.90 Å². The van der Waals surface area contributed by atoms with Gasteiger partial charge >= 0.3 is 11.9 Å². The summed E-state index contributed by atoms with van der Waals surface area (Å²) in [5.41, 5.74) is 0. The molecule has 0 spiro atoms. The summed E-state index contributed by atoms with van der Waals surface area (Å²) in [6, 6.07) is -0.725. The maximum atomic E-state index is 13.9. The van der Waals surface area contributed by atoms with Crippen LogP contribution < -0.4 is 0 Å². The van der Waals surface area contributed by atoms with Gasteiger partial charge in [0.2, 0.25) is 0 Å². The number of nitrogens with zero attached hydrogens (tertiary/aromatic N) is 1. The van der Waals surface area contributed by atoms with Crippen LogP contribution in [0.15, 0.2) is 12.2 Å². The number of methoxy groups -OCH3 is 1. The number of carbonyl (C=O) groups is 2. The summed E-state index contributed by atoms with van der Waals surface area (Å²) in [6.45, 7) is 3.78. The van der Waals surface area contributed by atoms with Gasteiger partial charge in [0.1, 0.15) is 0 Å². The molecule has 28 heavy (non-hydrogen) atoms. The number of rotatable bonds is 11. The van der Waals surface area contributed by atoms with E-state index in [2.05, 4.69) is 16.6 Å². The number of aliphatic hydroxyl groups is 1. The fourth-order valence-corrected chi connectivity index (χ4v) is 3.08. The van der Waals surface area contributed by atoms with Crippen LogP contribution in [0.5, 0.6) is 0 Å². The van der Waals surface area contributed by atoms with E-state index in [1.165, 1.54) is 24.2 Å². The van der Waals surface area contributed by atoms with Crippen molar-refractivity contribution < 1.29 is 28.2 Å². The molecule has 0 bridgehead atoms. The molecule has 158 valence electrons. The second-order valence-electron chi connectivity index (χ2n) is 7.20. The molecular formula is C21H31F2NO4. The van der Waals surface area contributed by atoms with Gasteiger partial charge in [-0.3, -0.25) is 9.59 Å². The van der Waals surface area contributed by atoms with Gasteiger partial charge in [0.05, 0.1) is 19.3 Å². The van der Waals surface area contributed by atoms with Crippen LogP contribution in [0.25, 0.3) is 0 Å². The number of ether oxygens (including phenoxy) is 1. The fourth-order valence-electron chi connectivity index (χ4n) is 3.08. The van der Waals surface area contributed by atoms with Crippen molar-refractivity contribution in [3.63, 3.8) is 0 Å². The number of hydrogen-bond donors (Lipinski definition) is 1. The Hall–Kier alpha value is -1.94. The largest absolute Gasteiger partial charge is 0.469 e. The highest BCUT2D eigenvalue weighted by Gasteiger charge is 2.52. The minimum atomic E-state index is -3.37. The van der Waals surface area contributed by atoms with Gasteiger partial charge in [-0.05, 0) is 25.7 Å². The average Bonchev–Trinajstić information content (AvgIpc) is 2.89. The molecule has 0 saturated carbocycles. The van der Waals surface area contributed by atoms with Crippen LogP contribution in [0.4, 0.5) is 8.78 Å². The van der Waals surface area contributed by atoms with Crippen LogP contribution in [0.1, 0.15) is 58.8 Å². The van der Waals surface area contributed by atoms with Crippen LogP contribution in [0, 0.1) is 17.8 Å². The van der Waals surface area contributed by atoms with E-state index in [9.17, 15) is 23.5 Å². The highest BCUT2D eigenvalue weighted by atomic mass is 19.3. The first-order chi connectivity index (χ1) is 13.2. The van der Waals surface area contributed by atoms with Gasteiger partial charge in [-0.25, -0.2) is 0 Å². The molecule has 0 unspecified atom stereocenters.